The Morgan fingerprint density at radius 3 is 2.08 bits per heavy atom. The van der Waals surface area contributed by atoms with Gasteiger partial charge >= 0.3 is 341 Å². The first-order chi connectivity index (χ1) is 34.3. The Morgan fingerprint density at radius 1 is 0.742 bits per heavy atom. The first-order valence-electron chi connectivity index (χ1n) is 25.4. The number of benzene rings is 6. The second kappa shape index (κ2) is 16.1. The van der Waals surface area contributed by atoms with E-state index in [9.17, 15) is 5.48 Å². The number of anilines is 2. The van der Waals surface area contributed by atoms with Crippen LogP contribution in [-0.2, 0) is 24.8 Å². The minimum atomic E-state index is -0.630. The number of hydrogen-bond acceptors (Lipinski definition) is 4. The monoisotopic (exact) mass is 997 g/mol. The third-order valence-corrected chi connectivity index (χ3v) is 12.0. The molecule has 0 spiro atoms. The van der Waals surface area contributed by atoms with Gasteiger partial charge in [-0.15, -0.1) is 0 Å². The number of rotatable bonds is 9. The van der Waals surface area contributed by atoms with E-state index in [1.54, 1.807) is 24.4 Å². The van der Waals surface area contributed by atoms with E-state index in [4.69, 9.17) is 23.0 Å². The van der Waals surface area contributed by atoms with Crippen molar-refractivity contribution in [3.05, 3.63) is 185 Å². The fraction of sp³-hybridized carbons (Fsp3) is 0.151. The number of nitrogens with zero attached hydrogens (tertiary/aromatic N) is 6. The van der Waals surface area contributed by atoms with Gasteiger partial charge in [0.25, 0.3) is 0 Å². The number of hydrogen-bond donors (Lipinski definition) is 0. The van der Waals surface area contributed by atoms with E-state index in [1.807, 2.05) is 114 Å². The maximum atomic E-state index is 9.28. The molecule has 7 nitrogen and oxygen atoms in total. The van der Waals surface area contributed by atoms with Crippen LogP contribution < -0.4 is 9.55 Å². The number of aromatic nitrogens is 5. The van der Waals surface area contributed by atoms with Crippen LogP contribution >= 0.6 is 0 Å². The van der Waals surface area contributed by atoms with Gasteiger partial charge in [0.05, 0.1) is 0 Å². The quantitative estimate of drug-likeness (QED) is 0.107. The fourth-order valence-corrected chi connectivity index (χ4v) is 9.20. The maximum absolute atomic E-state index is 9.28. The van der Waals surface area contributed by atoms with E-state index in [1.165, 1.54) is 0 Å². The molecule has 308 valence electrons. The van der Waals surface area contributed by atoms with Gasteiger partial charge in [-0.25, -0.2) is 0 Å². The Morgan fingerprint density at radius 2 is 1.42 bits per heavy atom. The summed E-state index contributed by atoms with van der Waals surface area (Å²) in [7, 11) is 0. The van der Waals surface area contributed by atoms with Crippen LogP contribution in [0.15, 0.2) is 158 Å². The standard InChI is InChI=1S/C53H45BN6O.Pt/c1-6-28-54-59(51-31-37(2)26-29-55-51)50-35-43(24-25-44(50)47-27-30-56-60(47)54)61-42-21-15-20-41(34-42)57-36-58(49-23-14-13-22-48(49)57)52-45(38-16-9-7-10-17-38)32-40(53(3,4)5)33-46(52)39-18-11-8-12-19-39;/h7-27,29-33H,6,28H2,1-5H3;/q-2;/i7D,8D,9D,10D,11D,12D,16D,17D,18D,19D;. The number of imidazole rings is 1. The molecule has 0 saturated heterocycles. The van der Waals surface area contributed by atoms with Crippen molar-refractivity contribution in [2.45, 2.75) is 52.8 Å². The second-order valence-electron chi connectivity index (χ2n) is 16.1. The molecule has 9 aromatic rings. The summed E-state index contributed by atoms with van der Waals surface area (Å²) >= 11 is 2.17. The third-order valence-electron chi connectivity index (χ3n) is 11.0. The summed E-state index contributed by atoms with van der Waals surface area (Å²) in [5, 5.41) is 4.74. The molecular formula is C53H45BN6OPt-2. The van der Waals surface area contributed by atoms with Gasteiger partial charge in [0.1, 0.15) is 0 Å². The van der Waals surface area contributed by atoms with Crippen LogP contribution in [0.1, 0.15) is 59.0 Å². The molecule has 4 heterocycles. The van der Waals surface area contributed by atoms with Crippen molar-refractivity contribution in [2.75, 3.05) is 4.81 Å². The fourth-order valence-electron chi connectivity index (χ4n) is 8.13. The summed E-state index contributed by atoms with van der Waals surface area (Å²) in [6.07, 6.45) is 5.32. The molecule has 10 rings (SSSR count). The Labute approximate surface area is 388 Å². The van der Waals surface area contributed by atoms with Gasteiger partial charge in [0.15, 0.2) is 0 Å². The van der Waals surface area contributed by atoms with E-state index >= 15 is 0 Å². The van der Waals surface area contributed by atoms with Crippen molar-refractivity contribution in [3.63, 3.8) is 0 Å². The number of fused-ring (bicyclic) bond motifs is 4. The van der Waals surface area contributed by atoms with Gasteiger partial charge in [0.2, 0.25) is 0 Å². The van der Waals surface area contributed by atoms with Crippen LogP contribution in [0, 0.1) is 22.9 Å². The Balaban J connectivity index is 1.20. The molecule has 3 aromatic heterocycles. The predicted molar refractivity (Wildman–Crippen MR) is 248 cm³/mol. The van der Waals surface area contributed by atoms with Crippen molar-refractivity contribution in [1.82, 2.24) is 23.8 Å². The normalized spacial score (nSPS) is 14.7. The van der Waals surface area contributed by atoms with Gasteiger partial charge < -0.3 is 0 Å². The van der Waals surface area contributed by atoms with E-state index in [2.05, 4.69) is 43.2 Å². The summed E-state index contributed by atoms with van der Waals surface area (Å²) < 4.78 is 102. The van der Waals surface area contributed by atoms with E-state index in [-0.39, 0.29) is 34.9 Å². The molecule has 0 aliphatic carbocycles. The molecule has 0 radical (unpaired) electrons. The van der Waals surface area contributed by atoms with Crippen molar-refractivity contribution >= 4 is 29.5 Å². The summed E-state index contributed by atoms with van der Waals surface area (Å²) in [4.78, 5) is 6.96. The predicted octanol–water partition coefficient (Wildman–Crippen LogP) is 13.0. The second-order valence-corrected chi connectivity index (χ2v) is 17.2. The van der Waals surface area contributed by atoms with Crippen molar-refractivity contribution in [2.24, 2.45) is 0 Å². The van der Waals surface area contributed by atoms with Crippen LogP contribution in [0.25, 0.3) is 55.9 Å². The SMILES string of the molecule is [2H]c1c([2H])c([2H])c(-c2cc(C(C)(C)C)cc(-c3c([2H])c([2H])c([2H])c([2H])c3[2H])c2-n2[c](=[Pt])n(-c3[c-]c(Oc4[c-]c5c(cc4)-c4ccnn4B(CCC)N5c4cc(C)ccn4)ccc3)c3ccccc32)c([2H])c1[2H]. The summed E-state index contributed by atoms with van der Waals surface area (Å²) in [6, 6.07) is 28.4. The molecule has 0 atom stereocenters. The summed E-state index contributed by atoms with van der Waals surface area (Å²) in [6.45, 7) is 9.87. The Kier molecular flexibility index (Phi) is 7.70. The van der Waals surface area contributed by atoms with Crippen LogP contribution in [0.3, 0.4) is 0 Å². The number of para-hydroxylation sites is 2. The van der Waals surface area contributed by atoms with E-state index in [0.717, 1.165) is 41.1 Å². The first-order valence-corrected chi connectivity index (χ1v) is 21.5. The van der Waals surface area contributed by atoms with Crippen LogP contribution in [0.2, 0.25) is 6.32 Å². The molecule has 0 saturated carbocycles. The zero-order valence-electron chi connectivity index (χ0n) is 44.6. The number of ether oxygens (including phenoxy) is 1. The number of aryl methyl sites for hydroxylation is 1. The summed E-state index contributed by atoms with van der Waals surface area (Å²) in [5.74, 6) is 1.58. The topological polar surface area (TPSA) is 53.0 Å². The van der Waals surface area contributed by atoms with Crippen LogP contribution in [-0.4, -0.2) is 30.8 Å². The summed E-state index contributed by atoms with van der Waals surface area (Å²) in [5.41, 5.74) is 6.01. The van der Waals surface area contributed by atoms with Crippen LogP contribution in [0.4, 0.5) is 11.5 Å². The molecule has 0 fully saturated rings. The average Bonchev–Trinajstić information content (AvgIpc) is 3.96. The van der Waals surface area contributed by atoms with Crippen molar-refractivity contribution in [1.29, 1.82) is 0 Å². The molecule has 1 aliphatic heterocycles. The Hall–Kier alpha value is -6.50. The van der Waals surface area contributed by atoms with Gasteiger partial charge in [-0.05, 0) is 18.6 Å². The average molecular weight is 998 g/mol. The molecule has 6 aromatic carbocycles. The Bertz CT molecular complexity index is 3620. The molecule has 0 bridgehead atoms. The minimum absolute atomic E-state index is 0.110. The molecule has 1 aliphatic rings. The molecule has 9 heteroatoms. The van der Waals surface area contributed by atoms with Crippen LogP contribution in [0.5, 0.6) is 11.5 Å². The number of pyridine rings is 1. The van der Waals surface area contributed by atoms with Gasteiger partial charge in [-0.2, -0.15) is 5.10 Å². The van der Waals surface area contributed by atoms with Gasteiger partial charge in [0, 0.05) is 12.4 Å². The van der Waals surface area contributed by atoms with E-state index in [0.29, 0.717) is 37.6 Å². The molecule has 62 heavy (non-hydrogen) atoms. The van der Waals surface area contributed by atoms with Crippen molar-refractivity contribution < 1.29 is 37.8 Å². The molecular weight excluding hydrogens is 943 g/mol. The molecule has 0 amide bonds. The zero-order valence-corrected chi connectivity index (χ0v) is 36.9. The molecule has 0 N–H and O–H groups in total. The first kappa shape index (κ1) is 29.7. The zero-order chi connectivity index (χ0) is 51.2. The van der Waals surface area contributed by atoms with Gasteiger partial charge in [-0.1, -0.05) is 13.3 Å². The van der Waals surface area contributed by atoms with E-state index < -0.39 is 65.8 Å². The third kappa shape index (κ3) is 7.06. The molecule has 0 unspecified atom stereocenters. The van der Waals surface area contributed by atoms with Gasteiger partial charge in [-0.3, -0.25) is 0 Å². The van der Waals surface area contributed by atoms with Crippen molar-refractivity contribution in [3.8, 4) is 56.4 Å².